The van der Waals surface area contributed by atoms with Gasteiger partial charge in [-0.05, 0) is 55.0 Å². The first-order chi connectivity index (χ1) is 9.63. The van der Waals surface area contributed by atoms with Crippen LogP contribution in [-0.4, -0.2) is 31.5 Å². The molecular formula is C13H20BrF5O2Si. The van der Waals surface area contributed by atoms with E-state index in [1.165, 1.54) is 0 Å². The standard InChI is InChI=1S/C13H20BrF5O2Si/c1-7-9(12(16,17)10(15)8(2)3)20-11(13(14,18)19)21-22(4,5)6/h7,9,11H,1H2,2-6H3. The highest BCUT2D eigenvalue weighted by atomic mass is 79.9. The number of hydrogen-bond donors (Lipinski definition) is 0. The van der Waals surface area contributed by atoms with Crippen molar-refractivity contribution in [3.05, 3.63) is 24.1 Å². The van der Waals surface area contributed by atoms with E-state index in [0.29, 0.717) is 6.08 Å². The summed E-state index contributed by atoms with van der Waals surface area (Å²) < 4.78 is 78.2. The molecule has 130 valence electrons. The van der Waals surface area contributed by atoms with Crippen LogP contribution < -0.4 is 0 Å². The number of alkyl halides is 5. The van der Waals surface area contributed by atoms with E-state index in [0.717, 1.165) is 13.8 Å². The maximum Gasteiger partial charge on any atom is 0.350 e. The summed E-state index contributed by atoms with van der Waals surface area (Å²) in [5.41, 5.74) is -0.284. The number of hydrogen-bond acceptors (Lipinski definition) is 2. The van der Waals surface area contributed by atoms with Gasteiger partial charge in [-0.2, -0.15) is 17.6 Å². The quantitative estimate of drug-likeness (QED) is 0.170. The number of halogens is 6. The molecule has 0 aromatic rings. The summed E-state index contributed by atoms with van der Waals surface area (Å²) >= 11 is 2.04. The van der Waals surface area contributed by atoms with Gasteiger partial charge in [-0.1, -0.05) is 6.08 Å². The molecule has 0 rings (SSSR count). The maximum atomic E-state index is 14.0. The van der Waals surface area contributed by atoms with Crippen molar-refractivity contribution >= 4 is 24.2 Å². The fourth-order valence-electron chi connectivity index (χ4n) is 1.37. The Balaban J connectivity index is 5.49. The van der Waals surface area contributed by atoms with Crippen molar-refractivity contribution in [3.8, 4) is 0 Å². The SMILES string of the molecule is C=CC(OC(O[Si](C)(C)C)C(F)(F)Br)C(F)(F)C(F)=C(C)C. The smallest absolute Gasteiger partial charge is 0.350 e. The van der Waals surface area contributed by atoms with Gasteiger partial charge in [0.1, 0.15) is 6.10 Å². The zero-order chi connectivity index (χ0) is 17.9. The number of ether oxygens (including phenoxy) is 1. The average molecular weight is 411 g/mol. The normalized spacial score (nSPS) is 16.1. The molecule has 0 aromatic heterocycles. The molecule has 0 fully saturated rings. The molecule has 0 heterocycles. The molecule has 0 bridgehead atoms. The van der Waals surface area contributed by atoms with Crippen LogP contribution in [0.2, 0.25) is 19.6 Å². The predicted octanol–water partition coefficient (Wildman–Crippen LogP) is 5.62. The largest absolute Gasteiger partial charge is 0.388 e. The van der Waals surface area contributed by atoms with Crippen LogP contribution >= 0.6 is 15.9 Å². The zero-order valence-corrected chi connectivity index (χ0v) is 15.6. The van der Waals surface area contributed by atoms with Gasteiger partial charge in [-0.25, -0.2) is 4.39 Å². The van der Waals surface area contributed by atoms with Crippen molar-refractivity contribution in [1.29, 1.82) is 0 Å². The third kappa shape index (κ3) is 6.47. The van der Waals surface area contributed by atoms with Gasteiger partial charge in [0.25, 0.3) is 0 Å². The van der Waals surface area contributed by atoms with Crippen molar-refractivity contribution in [2.24, 2.45) is 0 Å². The van der Waals surface area contributed by atoms with Gasteiger partial charge in [-0.3, -0.25) is 0 Å². The van der Waals surface area contributed by atoms with E-state index in [1.807, 2.05) is 15.9 Å². The minimum absolute atomic E-state index is 0.284. The van der Waals surface area contributed by atoms with Crippen LogP contribution in [0.1, 0.15) is 13.8 Å². The molecule has 2 atom stereocenters. The van der Waals surface area contributed by atoms with Gasteiger partial charge in [0.2, 0.25) is 6.29 Å². The lowest BCUT2D eigenvalue weighted by atomic mass is 10.1. The van der Waals surface area contributed by atoms with Gasteiger partial charge in [-0.15, -0.1) is 6.58 Å². The molecule has 22 heavy (non-hydrogen) atoms. The molecule has 0 amide bonds. The molecule has 2 unspecified atom stereocenters. The van der Waals surface area contributed by atoms with Crippen molar-refractivity contribution in [2.45, 2.75) is 56.6 Å². The van der Waals surface area contributed by atoms with Gasteiger partial charge < -0.3 is 9.16 Å². The molecule has 0 saturated heterocycles. The van der Waals surface area contributed by atoms with Crippen molar-refractivity contribution in [1.82, 2.24) is 0 Å². The zero-order valence-electron chi connectivity index (χ0n) is 13.0. The second-order valence-electron chi connectivity index (χ2n) is 5.83. The van der Waals surface area contributed by atoms with Crippen LogP contribution in [0, 0.1) is 0 Å². The minimum Gasteiger partial charge on any atom is -0.388 e. The highest BCUT2D eigenvalue weighted by Crippen LogP contribution is 2.38. The van der Waals surface area contributed by atoms with E-state index in [2.05, 4.69) is 11.3 Å². The lowest BCUT2D eigenvalue weighted by Crippen LogP contribution is -2.47. The Hall–Kier alpha value is -0.253. The fourth-order valence-corrected chi connectivity index (χ4v) is 2.59. The van der Waals surface area contributed by atoms with Gasteiger partial charge in [0.15, 0.2) is 14.1 Å². The molecule has 0 aliphatic rings. The van der Waals surface area contributed by atoms with Crippen LogP contribution in [0.25, 0.3) is 0 Å². The molecule has 9 heteroatoms. The van der Waals surface area contributed by atoms with E-state index in [1.54, 1.807) is 19.6 Å². The molecule has 0 N–H and O–H groups in total. The van der Waals surface area contributed by atoms with Crippen LogP contribution in [0.3, 0.4) is 0 Å². The topological polar surface area (TPSA) is 18.5 Å². The van der Waals surface area contributed by atoms with E-state index in [4.69, 9.17) is 4.43 Å². The highest BCUT2D eigenvalue weighted by molar-refractivity contribution is 9.10. The first-order valence-corrected chi connectivity index (χ1v) is 10.6. The monoisotopic (exact) mass is 410 g/mol. The summed E-state index contributed by atoms with van der Waals surface area (Å²) in [7, 11) is -2.54. The van der Waals surface area contributed by atoms with Gasteiger partial charge in [0, 0.05) is 0 Å². The summed E-state index contributed by atoms with van der Waals surface area (Å²) in [4.78, 5) is -3.72. The fraction of sp³-hybridized carbons (Fsp3) is 0.692. The Bertz CT molecular complexity index is 425. The van der Waals surface area contributed by atoms with E-state index < -0.39 is 37.3 Å². The van der Waals surface area contributed by atoms with Crippen LogP contribution in [0.4, 0.5) is 22.0 Å². The summed E-state index contributed by atoms with van der Waals surface area (Å²) in [6.45, 7) is 10.1. The van der Waals surface area contributed by atoms with Crippen LogP contribution in [-0.2, 0) is 9.16 Å². The Kier molecular flexibility index (Phi) is 7.46. The maximum absolute atomic E-state index is 14.0. The second-order valence-corrected chi connectivity index (χ2v) is 11.4. The first kappa shape index (κ1) is 21.7. The molecule has 0 spiro atoms. The lowest BCUT2D eigenvalue weighted by molar-refractivity contribution is -0.229. The Labute approximate surface area is 136 Å². The van der Waals surface area contributed by atoms with Gasteiger partial charge >= 0.3 is 10.8 Å². The third-order valence-corrected chi connectivity index (χ3v) is 3.60. The average Bonchev–Trinajstić information content (AvgIpc) is 2.29. The summed E-state index contributed by atoms with van der Waals surface area (Å²) in [6, 6.07) is 0. The molecule has 0 aromatic carbocycles. The van der Waals surface area contributed by atoms with E-state index in [9.17, 15) is 22.0 Å². The van der Waals surface area contributed by atoms with Crippen molar-refractivity contribution < 1.29 is 31.1 Å². The van der Waals surface area contributed by atoms with E-state index >= 15 is 0 Å². The number of rotatable bonds is 8. The lowest BCUT2D eigenvalue weighted by Gasteiger charge is -2.33. The van der Waals surface area contributed by atoms with Crippen molar-refractivity contribution in [2.75, 3.05) is 0 Å². The van der Waals surface area contributed by atoms with Crippen molar-refractivity contribution in [3.63, 3.8) is 0 Å². The molecular weight excluding hydrogens is 391 g/mol. The van der Waals surface area contributed by atoms with Crippen LogP contribution in [0.15, 0.2) is 24.1 Å². The van der Waals surface area contributed by atoms with Gasteiger partial charge in [0.05, 0.1) is 0 Å². The highest BCUT2D eigenvalue weighted by Gasteiger charge is 2.50. The Morgan fingerprint density at radius 3 is 1.91 bits per heavy atom. The summed E-state index contributed by atoms with van der Waals surface area (Å²) in [5.74, 6) is -5.87. The Morgan fingerprint density at radius 1 is 1.18 bits per heavy atom. The van der Waals surface area contributed by atoms with Crippen LogP contribution in [0.5, 0.6) is 0 Å². The Morgan fingerprint density at radius 2 is 1.64 bits per heavy atom. The molecule has 0 aliphatic carbocycles. The third-order valence-electron chi connectivity index (χ3n) is 2.30. The number of allylic oxidation sites excluding steroid dienone is 1. The molecule has 0 radical (unpaired) electrons. The minimum atomic E-state index is -4.13. The van der Waals surface area contributed by atoms with E-state index in [-0.39, 0.29) is 5.57 Å². The summed E-state index contributed by atoms with van der Waals surface area (Å²) in [6.07, 6.45) is -4.02. The molecule has 0 aliphatic heterocycles. The summed E-state index contributed by atoms with van der Waals surface area (Å²) in [5, 5.41) is 0. The predicted molar refractivity (Wildman–Crippen MR) is 81.6 cm³/mol. The second kappa shape index (κ2) is 7.54. The molecule has 0 saturated carbocycles. The first-order valence-electron chi connectivity index (χ1n) is 6.36. The molecule has 2 nitrogen and oxygen atoms in total.